The van der Waals surface area contributed by atoms with Crippen LogP contribution in [0.4, 0.5) is 5.69 Å². The molecular weight excluding hydrogens is 312 g/mol. The summed E-state index contributed by atoms with van der Waals surface area (Å²) in [5.41, 5.74) is 1.79. The lowest BCUT2D eigenvalue weighted by Gasteiger charge is -2.05. The number of nitro groups is 1. The molecule has 0 aliphatic rings. The second-order valence-electron chi connectivity index (χ2n) is 3.88. The highest BCUT2D eigenvalue weighted by Crippen LogP contribution is 2.21. The van der Waals surface area contributed by atoms with Crippen LogP contribution < -0.4 is 5.32 Å². The van der Waals surface area contributed by atoms with Crippen LogP contribution in [-0.2, 0) is 13.1 Å². The average Bonchev–Trinajstić information content (AvgIpc) is 2.39. The van der Waals surface area contributed by atoms with Gasteiger partial charge in [-0.25, -0.2) is 9.97 Å². The van der Waals surface area contributed by atoms with Crippen molar-refractivity contribution in [3.8, 4) is 0 Å². The number of hydrogen-bond donors (Lipinski definition) is 1. The van der Waals surface area contributed by atoms with Crippen molar-refractivity contribution in [2.75, 3.05) is 0 Å². The summed E-state index contributed by atoms with van der Waals surface area (Å²) >= 11 is 3.27. The monoisotopic (exact) mass is 322 g/mol. The molecule has 0 amide bonds. The van der Waals surface area contributed by atoms with Crippen molar-refractivity contribution in [2.24, 2.45) is 0 Å². The Kier molecular flexibility index (Phi) is 4.53. The fraction of sp³-hybridized carbons (Fsp3) is 0.167. The van der Waals surface area contributed by atoms with Gasteiger partial charge in [0.05, 0.1) is 10.6 Å². The summed E-state index contributed by atoms with van der Waals surface area (Å²) in [6.07, 6.45) is 3.16. The molecule has 7 heteroatoms. The third kappa shape index (κ3) is 4.08. The Morgan fingerprint density at radius 1 is 1.32 bits per heavy atom. The molecule has 0 aliphatic carbocycles. The van der Waals surface area contributed by atoms with E-state index < -0.39 is 4.92 Å². The Bertz CT molecular complexity index is 577. The quantitative estimate of drug-likeness (QED) is 0.675. The summed E-state index contributed by atoms with van der Waals surface area (Å²) in [5, 5.41) is 13.9. The molecule has 2 aromatic rings. The van der Waals surface area contributed by atoms with E-state index in [1.807, 2.05) is 12.1 Å². The van der Waals surface area contributed by atoms with E-state index in [2.05, 4.69) is 31.2 Å². The van der Waals surface area contributed by atoms with Gasteiger partial charge in [0.15, 0.2) is 0 Å². The van der Waals surface area contributed by atoms with Crippen LogP contribution in [0.15, 0.2) is 41.3 Å². The van der Waals surface area contributed by atoms with Gasteiger partial charge in [-0.15, -0.1) is 0 Å². The number of hydrogen-bond acceptors (Lipinski definition) is 5. The average molecular weight is 323 g/mol. The number of nitrogens with zero attached hydrogens (tertiary/aromatic N) is 3. The van der Waals surface area contributed by atoms with Gasteiger partial charge in [0, 0.05) is 35.9 Å². The van der Waals surface area contributed by atoms with Crippen molar-refractivity contribution in [3.63, 3.8) is 0 Å². The molecule has 1 N–H and O–H groups in total. The van der Waals surface area contributed by atoms with Crippen LogP contribution >= 0.6 is 15.9 Å². The van der Waals surface area contributed by atoms with Crippen molar-refractivity contribution < 1.29 is 4.92 Å². The number of benzene rings is 1. The summed E-state index contributed by atoms with van der Waals surface area (Å²) < 4.78 is 0.695. The number of halogens is 1. The number of non-ortho nitro benzene ring substituents is 1. The predicted octanol–water partition coefficient (Wildman–Crippen LogP) is 2.44. The molecule has 0 saturated heterocycles. The summed E-state index contributed by atoms with van der Waals surface area (Å²) in [4.78, 5) is 18.3. The van der Waals surface area contributed by atoms with E-state index in [1.165, 1.54) is 12.4 Å². The van der Waals surface area contributed by atoms with Crippen LogP contribution in [0.3, 0.4) is 0 Å². The lowest BCUT2D eigenvalue weighted by molar-refractivity contribution is -0.385. The molecule has 6 nitrogen and oxygen atoms in total. The molecular formula is C12H11BrN4O2. The molecule has 1 aromatic carbocycles. The van der Waals surface area contributed by atoms with Crippen LogP contribution in [0.5, 0.6) is 0 Å². The highest BCUT2D eigenvalue weighted by molar-refractivity contribution is 9.10. The van der Waals surface area contributed by atoms with Crippen molar-refractivity contribution in [2.45, 2.75) is 13.1 Å². The van der Waals surface area contributed by atoms with Gasteiger partial charge >= 0.3 is 0 Å². The number of aromatic nitrogens is 2. The molecule has 0 radical (unpaired) electrons. The van der Waals surface area contributed by atoms with Gasteiger partial charge in [0.2, 0.25) is 0 Å². The molecule has 98 valence electrons. The van der Waals surface area contributed by atoms with Crippen LogP contribution in [0.25, 0.3) is 0 Å². The molecule has 0 saturated carbocycles. The Morgan fingerprint density at radius 3 is 2.84 bits per heavy atom. The lowest BCUT2D eigenvalue weighted by atomic mass is 10.2. The van der Waals surface area contributed by atoms with E-state index in [1.54, 1.807) is 12.3 Å². The summed E-state index contributed by atoms with van der Waals surface area (Å²) in [7, 11) is 0. The summed E-state index contributed by atoms with van der Waals surface area (Å²) in [6.45, 7) is 1.12. The zero-order chi connectivity index (χ0) is 13.7. The van der Waals surface area contributed by atoms with Crippen LogP contribution in [-0.4, -0.2) is 14.9 Å². The molecule has 0 aliphatic heterocycles. The molecule has 1 aromatic heterocycles. The van der Waals surface area contributed by atoms with Gasteiger partial charge in [-0.3, -0.25) is 10.1 Å². The lowest BCUT2D eigenvalue weighted by Crippen LogP contribution is -2.13. The number of nitro benzene ring substituents is 1. The van der Waals surface area contributed by atoms with Crippen LogP contribution in [0, 0.1) is 10.1 Å². The first-order valence-corrected chi connectivity index (χ1v) is 6.34. The number of nitrogens with one attached hydrogen (secondary N) is 1. The number of rotatable bonds is 5. The van der Waals surface area contributed by atoms with E-state index in [-0.39, 0.29) is 5.69 Å². The first-order chi connectivity index (χ1) is 9.15. The maximum atomic E-state index is 10.7. The van der Waals surface area contributed by atoms with E-state index in [0.717, 1.165) is 11.3 Å². The smallest absolute Gasteiger partial charge is 0.270 e. The maximum absolute atomic E-state index is 10.7. The standard InChI is InChI=1S/C12H11BrN4O2/c13-10-3-9(4-12(5-10)17(18)19)6-15-7-11-1-2-14-8-16-11/h1-5,8,15H,6-7H2. The first-order valence-electron chi connectivity index (χ1n) is 5.54. The van der Waals surface area contributed by atoms with Crippen LogP contribution in [0.1, 0.15) is 11.3 Å². The minimum absolute atomic E-state index is 0.0770. The van der Waals surface area contributed by atoms with Crippen molar-refractivity contribution >= 4 is 21.6 Å². The van der Waals surface area contributed by atoms with E-state index in [9.17, 15) is 10.1 Å². The second-order valence-corrected chi connectivity index (χ2v) is 4.79. The van der Waals surface area contributed by atoms with Gasteiger partial charge in [-0.2, -0.15) is 0 Å². The molecule has 19 heavy (non-hydrogen) atoms. The topological polar surface area (TPSA) is 81.0 Å². The fourth-order valence-electron chi connectivity index (χ4n) is 1.60. The van der Waals surface area contributed by atoms with E-state index >= 15 is 0 Å². The Hall–Kier alpha value is -1.86. The molecule has 2 rings (SSSR count). The Labute approximate surface area is 118 Å². The van der Waals surface area contributed by atoms with E-state index in [4.69, 9.17) is 0 Å². The highest BCUT2D eigenvalue weighted by atomic mass is 79.9. The Morgan fingerprint density at radius 2 is 2.16 bits per heavy atom. The minimum atomic E-state index is -0.404. The SMILES string of the molecule is O=[N+]([O-])c1cc(Br)cc(CNCc2ccncn2)c1. The Balaban J connectivity index is 1.98. The molecule has 1 heterocycles. The second kappa shape index (κ2) is 6.35. The third-order valence-corrected chi connectivity index (χ3v) is 2.89. The normalized spacial score (nSPS) is 10.4. The minimum Gasteiger partial charge on any atom is -0.307 e. The van der Waals surface area contributed by atoms with Gasteiger partial charge in [0.1, 0.15) is 6.33 Å². The molecule has 0 bridgehead atoms. The van der Waals surface area contributed by atoms with Gasteiger partial charge in [-0.05, 0) is 17.7 Å². The molecule has 0 spiro atoms. The summed E-state index contributed by atoms with van der Waals surface area (Å²) in [5.74, 6) is 0. The molecule has 0 unspecified atom stereocenters. The van der Waals surface area contributed by atoms with Crippen molar-refractivity contribution in [1.29, 1.82) is 0 Å². The van der Waals surface area contributed by atoms with Gasteiger partial charge < -0.3 is 5.32 Å². The zero-order valence-electron chi connectivity index (χ0n) is 9.91. The first kappa shape index (κ1) is 13.6. The highest BCUT2D eigenvalue weighted by Gasteiger charge is 2.08. The summed E-state index contributed by atoms with van der Waals surface area (Å²) in [6, 6.07) is 6.70. The molecule has 0 fully saturated rings. The zero-order valence-corrected chi connectivity index (χ0v) is 11.5. The predicted molar refractivity (Wildman–Crippen MR) is 73.4 cm³/mol. The molecule has 0 atom stereocenters. The maximum Gasteiger partial charge on any atom is 0.270 e. The van der Waals surface area contributed by atoms with Crippen molar-refractivity contribution in [1.82, 2.24) is 15.3 Å². The van der Waals surface area contributed by atoms with Gasteiger partial charge in [0.25, 0.3) is 5.69 Å². The van der Waals surface area contributed by atoms with Crippen molar-refractivity contribution in [3.05, 3.63) is 62.6 Å². The van der Waals surface area contributed by atoms with E-state index in [0.29, 0.717) is 17.6 Å². The fourth-order valence-corrected chi connectivity index (χ4v) is 2.13. The van der Waals surface area contributed by atoms with Crippen LogP contribution in [0.2, 0.25) is 0 Å². The van der Waals surface area contributed by atoms with Gasteiger partial charge in [-0.1, -0.05) is 15.9 Å². The largest absolute Gasteiger partial charge is 0.307 e. The third-order valence-electron chi connectivity index (χ3n) is 2.43.